The van der Waals surface area contributed by atoms with Crippen LogP contribution in [0.1, 0.15) is 77.5 Å². The summed E-state index contributed by atoms with van der Waals surface area (Å²) in [6.07, 6.45) is 2.12. The van der Waals surface area contributed by atoms with Gasteiger partial charge < -0.3 is 31.7 Å². The van der Waals surface area contributed by atoms with Gasteiger partial charge in [-0.25, -0.2) is 14.0 Å². The van der Waals surface area contributed by atoms with Gasteiger partial charge in [-0.05, 0) is 36.0 Å². The molecule has 0 aliphatic rings. The summed E-state index contributed by atoms with van der Waals surface area (Å²) in [6.45, 7) is 11.0. The molecule has 21 nitrogen and oxygen atoms in total. The summed E-state index contributed by atoms with van der Waals surface area (Å²) in [5.74, 6) is -3.93. The number of hydrogen-bond donors (Lipinski definition) is 6. The van der Waals surface area contributed by atoms with E-state index in [0.29, 0.717) is 12.8 Å². The minimum Gasteiger partial charge on any atom is -0.480 e. The van der Waals surface area contributed by atoms with Crippen LogP contribution in [0.2, 0.25) is 0 Å². The van der Waals surface area contributed by atoms with Crippen LogP contribution in [0, 0.1) is 87.9 Å². The Balaban J connectivity index is 0.000000825. The fourth-order valence-electron chi connectivity index (χ4n) is 4.64. The van der Waals surface area contributed by atoms with E-state index in [-0.39, 0.29) is 62.9 Å². The zero-order valence-corrected chi connectivity index (χ0v) is 33.9. The summed E-state index contributed by atoms with van der Waals surface area (Å²) in [7, 11) is 0. The minimum absolute atomic E-state index is 0.0498. The van der Waals surface area contributed by atoms with E-state index in [1.165, 1.54) is 30.3 Å². The molecule has 22 heteroatoms. The maximum Gasteiger partial charge on any atom is 0.326 e. The number of nitro benzene ring substituents is 3. The number of hydrogen-bond acceptors (Lipinski definition) is 15. The molecule has 0 amide bonds. The number of nitro groups is 3. The number of aliphatic carboxylic acids is 3. The van der Waals surface area contributed by atoms with Gasteiger partial charge in [0.15, 0.2) is 0 Å². The Kier molecular flexibility index (Phi) is 22.9. The number of carbonyl (C=O) groups is 3. The number of halogens is 1. The monoisotopic (exact) mass is 851 g/mol. The molecule has 6 atom stereocenters. The first-order chi connectivity index (χ1) is 28.5. The number of benzene rings is 3. The Morgan fingerprint density at radius 2 is 0.934 bits per heavy atom. The summed E-state index contributed by atoms with van der Waals surface area (Å²) in [6, 6.07) is 13.0. The second-order valence-corrected chi connectivity index (χ2v) is 13.2. The van der Waals surface area contributed by atoms with Gasteiger partial charge in [-0.1, -0.05) is 60.8 Å². The average molecular weight is 852 g/mol. The molecule has 0 aliphatic carbocycles. The van der Waals surface area contributed by atoms with Crippen LogP contribution in [0.25, 0.3) is 0 Å². The van der Waals surface area contributed by atoms with E-state index < -0.39 is 56.6 Å². The van der Waals surface area contributed by atoms with Crippen LogP contribution < -0.4 is 16.4 Å². The molecule has 3 aromatic rings. The van der Waals surface area contributed by atoms with Crippen molar-refractivity contribution in [2.24, 2.45) is 23.5 Å². The van der Waals surface area contributed by atoms with Crippen molar-refractivity contribution >= 4 is 46.3 Å². The Labute approximate surface area is 349 Å². The first-order valence-electron chi connectivity index (χ1n) is 18.2. The molecule has 0 saturated carbocycles. The third-order valence-electron chi connectivity index (χ3n) is 9.07. The molecule has 326 valence electrons. The van der Waals surface area contributed by atoms with Crippen molar-refractivity contribution < 1.29 is 48.9 Å². The predicted octanol–water partition coefficient (Wildman–Crippen LogP) is 6.81. The van der Waals surface area contributed by atoms with Crippen molar-refractivity contribution in [3.8, 4) is 18.2 Å². The molecule has 0 spiro atoms. The molecule has 0 aromatic heterocycles. The van der Waals surface area contributed by atoms with E-state index in [0.717, 1.165) is 36.8 Å². The largest absolute Gasteiger partial charge is 0.480 e. The summed E-state index contributed by atoms with van der Waals surface area (Å²) in [4.78, 5) is 62.2. The fraction of sp³-hybridized carbons (Fsp3) is 0.385. The highest BCUT2D eigenvalue weighted by molar-refractivity contribution is 5.79. The number of non-ortho nitro benzene ring substituents is 3. The molecule has 61 heavy (non-hydrogen) atoms. The molecule has 0 heterocycles. The van der Waals surface area contributed by atoms with Crippen LogP contribution in [-0.4, -0.2) is 66.1 Å². The maximum atomic E-state index is 12.6. The number of nitrogens with two attached hydrogens (primary N) is 1. The fourth-order valence-corrected chi connectivity index (χ4v) is 4.64. The molecule has 0 unspecified atom stereocenters. The van der Waals surface area contributed by atoms with Gasteiger partial charge in [0.25, 0.3) is 17.1 Å². The highest BCUT2D eigenvalue weighted by atomic mass is 19.1. The third-order valence-corrected chi connectivity index (χ3v) is 9.07. The average Bonchev–Trinajstić information content (AvgIpc) is 3.23. The van der Waals surface area contributed by atoms with Gasteiger partial charge in [0.05, 0.1) is 42.8 Å². The lowest BCUT2D eigenvalue weighted by molar-refractivity contribution is -0.385. The van der Waals surface area contributed by atoms with Gasteiger partial charge in [-0.15, -0.1) is 0 Å². The summed E-state index contributed by atoms with van der Waals surface area (Å²) in [5, 5.41) is 90.1. The minimum atomic E-state index is -1.03. The van der Waals surface area contributed by atoms with Gasteiger partial charge in [-0.2, -0.15) is 15.8 Å². The van der Waals surface area contributed by atoms with Crippen molar-refractivity contribution in [3.63, 3.8) is 0 Å². The molecule has 0 radical (unpaired) electrons. The smallest absolute Gasteiger partial charge is 0.326 e. The lowest BCUT2D eigenvalue weighted by atomic mass is 9.98. The van der Waals surface area contributed by atoms with Crippen LogP contribution in [0.5, 0.6) is 0 Å². The molecule has 7 N–H and O–H groups in total. The van der Waals surface area contributed by atoms with Crippen LogP contribution in [0.4, 0.5) is 32.8 Å². The number of nitrogens with one attached hydrogen (secondary N) is 2. The summed E-state index contributed by atoms with van der Waals surface area (Å²) >= 11 is 0. The Bertz CT molecular complexity index is 2070. The molecule has 3 rings (SSSR count). The van der Waals surface area contributed by atoms with Crippen molar-refractivity contribution in [3.05, 3.63) is 107 Å². The zero-order chi connectivity index (χ0) is 47.1. The van der Waals surface area contributed by atoms with Crippen molar-refractivity contribution in [2.75, 3.05) is 10.6 Å². The topological polar surface area (TPSA) is 363 Å². The van der Waals surface area contributed by atoms with Crippen molar-refractivity contribution in [2.45, 2.75) is 78.9 Å². The lowest BCUT2D eigenvalue weighted by Crippen LogP contribution is -2.36. The Morgan fingerprint density at radius 1 is 0.623 bits per heavy atom. The molecule has 0 saturated heterocycles. The van der Waals surface area contributed by atoms with E-state index in [4.69, 9.17) is 26.6 Å². The van der Waals surface area contributed by atoms with Crippen LogP contribution >= 0.6 is 0 Å². The maximum absolute atomic E-state index is 12.6. The van der Waals surface area contributed by atoms with E-state index in [9.17, 15) is 59.3 Å². The third kappa shape index (κ3) is 17.3. The molecule has 0 bridgehead atoms. The number of rotatable bonds is 16. The normalized spacial score (nSPS) is 12.8. The van der Waals surface area contributed by atoms with Gasteiger partial charge in [0.2, 0.25) is 0 Å². The van der Waals surface area contributed by atoms with Crippen LogP contribution in [-0.2, 0) is 14.4 Å². The first-order valence-corrected chi connectivity index (χ1v) is 18.2. The Hall–Kier alpha value is -7.77. The van der Waals surface area contributed by atoms with Crippen molar-refractivity contribution in [1.82, 2.24) is 0 Å². The molecule has 0 fully saturated rings. The van der Waals surface area contributed by atoms with Gasteiger partial charge in [0, 0.05) is 36.4 Å². The highest BCUT2D eigenvalue weighted by Gasteiger charge is 2.26. The molecule has 0 aliphatic heterocycles. The second kappa shape index (κ2) is 26.3. The van der Waals surface area contributed by atoms with E-state index in [2.05, 4.69) is 10.6 Å². The highest BCUT2D eigenvalue weighted by Crippen LogP contribution is 2.25. The number of anilines is 2. The number of carboxylic acids is 3. The standard InChI is InChI=1S/2C13H15N3O4.C7H3FN2O2.C6H13NO2/c2*1-3-8(2)12(13(17)18)15-11-5-4-10(16(19)20)6-9(11)7-14;8-7-2-1-6(10(11)12)3-5(7)4-9;1-3-4(2)5(7)6(8)9/h2*4-6,8,12,15H,3H2,1-2H3,(H,17,18);1-3H;4-5H,3,7H2,1-2H3,(H,8,9)/t2*8-,12-;;4-,5-/m00.0/s1. The van der Waals surface area contributed by atoms with Gasteiger partial charge in [0.1, 0.15) is 42.2 Å². The van der Waals surface area contributed by atoms with Gasteiger partial charge >= 0.3 is 17.9 Å². The number of nitriles is 3. The SMILES string of the molecule is CC[C@H](C)[C@H](N)C(=O)O.CC[C@H](C)[C@H](Nc1ccc([N+](=O)[O-])cc1C#N)C(=O)O.CC[C@H](C)[C@H](Nc1ccc([N+](=O)[O-])cc1C#N)C(=O)O.N#Cc1cc([N+](=O)[O-])ccc1F. The summed E-state index contributed by atoms with van der Waals surface area (Å²) < 4.78 is 12.6. The van der Waals surface area contributed by atoms with E-state index >= 15 is 0 Å². The van der Waals surface area contributed by atoms with Crippen molar-refractivity contribution in [1.29, 1.82) is 15.8 Å². The van der Waals surface area contributed by atoms with E-state index in [1.54, 1.807) is 13.8 Å². The molecular formula is C39H46FN9O12. The lowest BCUT2D eigenvalue weighted by Gasteiger charge is -2.21. The molecule has 3 aromatic carbocycles. The van der Waals surface area contributed by atoms with Crippen LogP contribution in [0.3, 0.4) is 0 Å². The first kappa shape index (κ1) is 53.2. The summed E-state index contributed by atoms with van der Waals surface area (Å²) in [5.41, 5.74) is 4.92. The number of nitrogens with zero attached hydrogens (tertiary/aromatic N) is 6. The zero-order valence-electron chi connectivity index (χ0n) is 33.9. The molecular weight excluding hydrogens is 805 g/mol. The van der Waals surface area contributed by atoms with Gasteiger partial charge in [-0.3, -0.25) is 35.1 Å². The second-order valence-electron chi connectivity index (χ2n) is 13.2. The Morgan fingerprint density at radius 3 is 1.18 bits per heavy atom. The number of carboxylic acid groups (broad SMARTS) is 3. The van der Waals surface area contributed by atoms with E-state index in [1.807, 2.05) is 39.8 Å². The predicted molar refractivity (Wildman–Crippen MR) is 217 cm³/mol. The van der Waals surface area contributed by atoms with Crippen LogP contribution in [0.15, 0.2) is 54.6 Å². The quantitative estimate of drug-likeness (QED) is 0.0636.